The zero-order valence-corrected chi connectivity index (χ0v) is 17.2. The monoisotopic (exact) mass is 379 g/mol. The average Bonchev–Trinajstić information content (AvgIpc) is 3.11. The van der Waals surface area contributed by atoms with E-state index in [0.29, 0.717) is 17.7 Å². The van der Waals surface area contributed by atoms with E-state index in [2.05, 4.69) is 10.6 Å². The van der Waals surface area contributed by atoms with Crippen LogP contribution in [0.5, 0.6) is 5.75 Å². The lowest BCUT2D eigenvalue weighted by molar-refractivity contribution is -0.149. The van der Waals surface area contributed by atoms with Crippen molar-refractivity contribution in [2.75, 3.05) is 7.11 Å². The fraction of sp³-hybridized carbons (Fsp3) is 0.304. The minimum absolute atomic E-state index is 0.370. The van der Waals surface area contributed by atoms with Crippen molar-refractivity contribution in [1.82, 2.24) is 4.57 Å². The van der Waals surface area contributed by atoms with Gasteiger partial charge in [-0.2, -0.15) is 0 Å². The van der Waals surface area contributed by atoms with Crippen molar-refractivity contribution in [2.24, 2.45) is 0 Å². The highest BCUT2D eigenvalue weighted by Gasteiger charge is 2.36. The average molecular weight is 379 g/mol. The van der Waals surface area contributed by atoms with Crippen molar-refractivity contribution < 1.29 is 19.1 Å². The number of cyclic esters (lactones) is 2. The van der Waals surface area contributed by atoms with E-state index in [-0.39, 0.29) is 0 Å². The van der Waals surface area contributed by atoms with Crippen LogP contribution in [0.15, 0.2) is 47.1 Å². The molecule has 1 fully saturated rings. The van der Waals surface area contributed by atoms with Crippen LogP contribution in [0.4, 0.5) is 0 Å². The first kappa shape index (κ1) is 19.7. The number of rotatable bonds is 4. The van der Waals surface area contributed by atoms with Gasteiger partial charge in [-0.1, -0.05) is 17.7 Å². The first-order valence-electron chi connectivity index (χ1n) is 9.19. The predicted octanol–water partition coefficient (Wildman–Crippen LogP) is 4.36. The number of hydrogen-bond donors (Lipinski definition) is 0. The number of methoxy groups -OCH3 is 1. The molecule has 1 aliphatic rings. The molecule has 0 amide bonds. The summed E-state index contributed by atoms with van der Waals surface area (Å²) in [7, 11) is 1.65. The zero-order chi connectivity index (χ0) is 20.6. The van der Waals surface area contributed by atoms with Crippen molar-refractivity contribution in [1.29, 1.82) is 0 Å². The molecule has 1 aliphatic heterocycles. The molecule has 0 saturated carbocycles. The number of ether oxygens (including phenoxy) is 2. The van der Waals surface area contributed by atoms with Gasteiger partial charge in [-0.15, -0.1) is 0 Å². The van der Waals surface area contributed by atoms with Crippen LogP contribution in [-0.4, -0.2) is 23.6 Å². The molecule has 0 unspecified atom stereocenters. The van der Waals surface area contributed by atoms with Crippen LogP contribution in [0.1, 0.15) is 43.3 Å². The third-order valence-corrected chi connectivity index (χ3v) is 5.20. The van der Waals surface area contributed by atoms with Crippen molar-refractivity contribution in [3.05, 3.63) is 69.6 Å². The van der Waals surface area contributed by atoms with Crippen LogP contribution >= 0.6 is 0 Å². The molecule has 1 aromatic carbocycles. The van der Waals surface area contributed by atoms with E-state index in [0.717, 1.165) is 39.4 Å². The number of carbonyl (C=O) groups is 2. The molecule has 0 spiro atoms. The van der Waals surface area contributed by atoms with Crippen molar-refractivity contribution in [3.63, 3.8) is 0 Å². The lowest BCUT2D eigenvalue weighted by Gasteiger charge is -2.11. The van der Waals surface area contributed by atoms with Crippen molar-refractivity contribution in [3.8, 4) is 5.75 Å². The molecule has 3 rings (SSSR count). The Balaban J connectivity index is 2.04. The third-order valence-electron chi connectivity index (χ3n) is 5.20. The first-order valence-corrected chi connectivity index (χ1v) is 9.19. The van der Waals surface area contributed by atoms with Gasteiger partial charge < -0.3 is 14.0 Å². The molecule has 2 aromatic rings. The number of hydrogen-bond acceptors (Lipinski definition) is 4. The summed E-state index contributed by atoms with van der Waals surface area (Å²) in [4.78, 5) is 24.4. The number of benzene rings is 1. The molecule has 2 heterocycles. The number of carbonyl (C=O) groups excluding carboxylic acids is 2. The fourth-order valence-electron chi connectivity index (χ4n) is 3.66. The second-order valence-electron chi connectivity index (χ2n) is 7.27. The Morgan fingerprint density at radius 3 is 2.18 bits per heavy atom. The minimum Gasteiger partial charge on any atom is -0.497 e. The summed E-state index contributed by atoms with van der Waals surface area (Å²) in [5.41, 5.74) is 6.51. The normalized spacial score (nSPS) is 15.7. The summed E-state index contributed by atoms with van der Waals surface area (Å²) in [5.74, 6) is -0.310. The second-order valence-corrected chi connectivity index (χ2v) is 7.27. The summed E-state index contributed by atoms with van der Waals surface area (Å²) >= 11 is 0. The number of aromatic nitrogens is 1. The molecule has 0 aliphatic carbocycles. The van der Waals surface area contributed by atoms with Gasteiger partial charge in [0.05, 0.1) is 18.3 Å². The number of esters is 2. The van der Waals surface area contributed by atoms with Gasteiger partial charge in [-0.25, -0.2) is 9.59 Å². The molecule has 0 radical (unpaired) electrons. The topological polar surface area (TPSA) is 57.5 Å². The molecule has 28 heavy (non-hydrogen) atoms. The molecule has 5 nitrogen and oxygen atoms in total. The first-order chi connectivity index (χ1) is 13.2. The van der Waals surface area contributed by atoms with E-state index < -0.39 is 11.9 Å². The minimum atomic E-state index is -0.571. The maximum absolute atomic E-state index is 12.3. The largest absolute Gasteiger partial charge is 0.497 e. The maximum Gasteiger partial charge on any atom is 0.347 e. The molecular formula is C23H25NO4. The van der Waals surface area contributed by atoms with E-state index in [1.54, 1.807) is 7.11 Å². The summed E-state index contributed by atoms with van der Waals surface area (Å²) < 4.78 is 12.3. The van der Waals surface area contributed by atoms with E-state index in [9.17, 15) is 9.59 Å². The van der Waals surface area contributed by atoms with Gasteiger partial charge in [0.1, 0.15) is 5.75 Å². The van der Waals surface area contributed by atoms with Crippen molar-refractivity contribution >= 4 is 17.5 Å². The molecule has 1 saturated heterocycles. The fourth-order valence-corrected chi connectivity index (χ4v) is 3.66. The Hall–Kier alpha value is -3.08. The molecule has 0 N–H and O–H groups in total. The predicted molar refractivity (Wildman–Crippen MR) is 108 cm³/mol. The Bertz CT molecular complexity index is 1020. The van der Waals surface area contributed by atoms with E-state index in [4.69, 9.17) is 9.47 Å². The quantitative estimate of drug-likeness (QED) is 0.450. The SMILES string of the molecule is COc1ccc(Cn2c(C)cc(C(C)=C3C(=O)OC(=O)C3=C(C)C)c2C)cc1. The highest BCUT2D eigenvalue weighted by Crippen LogP contribution is 2.34. The maximum atomic E-state index is 12.3. The number of nitrogens with zero attached hydrogens (tertiary/aromatic N) is 1. The lowest BCUT2D eigenvalue weighted by Crippen LogP contribution is -2.05. The van der Waals surface area contributed by atoms with Gasteiger partial charge in [0, 0.05) is 17.9 Å². The molecular weight excluding hydrogens is 354 g/mol. The molecule has 1 aromatic heterocycles. The smallest absolute Gasteiger partial charge is 0.347 e. The summed E-state index contributed by atoms with van der Waals surface area (Å²) in [6.45, 7) is 10.3. The van der Waals surface area contributed by atoms with E-state index >= 15 is 0 Å². The van der Waals surface area contributed by atoms with Gasteiger partial charge in [0.25, 0.3) is 0 Å². The van der Waals surface area contributed by atoms with Gasteiger partial charge in [-0.3, -0.25) is 0 Å². The Morgan fingerprint density at radius 1 is 1.00 bits per heavy atom. The van der Waals surface area contributed by atoms with Crippen LogP contribution in [0.3, 0.4) is 0 Å². The highest BCUT2D eigenvalue weighted by molar-refractivity contribution is 6.22. The zero-order valence-electron chi connectivity index (χ0n) is 17.2. The standard InChI is InChI=1S/C23H25NO4/c1-13(2)20-21(23(26)28-22(20)25)15(4)19-11-14(3)24(16(19)5)12-17-7-9-18(27-6)10-8-17/h7-11H,12H2,1-6H3. The van der Waals surface area contributed by atoms with Crippen LogP contribution in [0.2, 0.25) is 0 Å². The Labute approximate surface area is 165 Å². The second kappa shape index (κ2) is 7.50. The summed E-state index contributed by atoms with van der Waals surface area (Å²) in [5, 5.41) is 0. The molecule has 0 bridgehead atoms. The van der Waals surface area contributed by atoms with E-state index in [1.807, 2.05) is 58.9 Å². The number of aryl methyl sites for hydroxylation is 1. The molecule has 5 heteroatoms. The van der Waals surface area contributed by atoms with Gasteiger partial charge in [0.2, 0.25) is 0 Å². The molecule has 146 valence electrons. The van der Waals surface area contributed by atoms with E-state index in [1.165, 1.54) is 0 Å². The number of allylic oxidation sites excluding steroid dienone is 2. The summed E-state index contributed by atoms with van der Waals surface area (Å²) in [6.07, 6.45) is 0. The van der Waals surface area contributed by atoms with Gasteiger partial charge in [0.15, 0.2) is 0 Å². The van der Waals surface area contributed by atoms with Crippen LogP contribution in [0.25, 0.3) is 5.57 Å². The van der Waals surface area contributed by atoms with Gasteiger partial charge in [-0.05, 0) is 69.5 Å². The summed E-state index contributed by atoms with van der Waals surface area (Å²) in [6, 6.07) is 10.0. The van der Waals surface area contributed by atoms with Gasteiger partial charge >= 0.3 is 11.9 Å². The Morgan fingerprint density at radius 2 is 1.61 bits per heavy atom. The van der Waals surface area contributed by atoms with Crippen LogP contribution in [0, 0.1) is 13.8 Å². The highest BCUT2D eigenvalue weighted by atomic mass is 16.6. The van der Waals surface area contributed by atoms with Crippen LogP contribution in [-0.2, 0) is 20.9 Å². The molecule has 0 atom stereocenters. The van der Waals surface area contributed by atoms with Crippen molar-refractivity contribution in [2.45, 2.75) is 41.2 Å². The Kier molecular flexibility index (Phi) is 5.27. The third kappa shape index (κ3) is 3.40. The van der Waals surface area contributed by atoms with Crippen LogP contribution < -0.4 is 4.74 Å². The lowest BCUT2D eigenvalue weighted by atomic mass is 9.95.